The zero-order valence-corrected chi connectivity index (χ0v) is 26.6. The first-order valence-electron chi connectivity index (χ1n) is 16.7. The summed E-state index contributed by atoms with van der Waals surface area (Å²) in [6, 6.07) is -0.624. The van der Waals surface area contributed by atoms with E-state index in [0.717, 1.165) is 25.7 Å². The first-order valence-corrected chi connectivity index (χ1v) is 16.7. The number of amides is 2. The molecule has 10 heteroatoms. The van der Waals surface area contributed by atoms with Gasteiger partial charge in [-0.3, -0.25) is 19.2 Å². The highest BCUT2D eigenvalue weighted by Gasteiger charge is 2.17. The van der Waals surface area contributed by atoms with Gasteiger partial charge in [-0.2, -0.15) is 0 Å². The average molecular weight is 599 g/mol. The van der Waals surface area contributed by atoms with Crippen LogP contribution in [0.3, 0.4) is 0 Å². The minimum atomic E-state index is -0.624. The molecule has 0 aliphatic heterocycles. The molecule has 6 N–H and O–H groups in total. The number of nitrogens with two attached hydrogens (primary N) is 2. The number of carbonyl (C=O) groups excluding carboxylic acids is 4. The summed E-state index contributed by atoms with van der Waals surface area (Å²) >= 11 is 0. The molecule has 0 saturated carbocycles. The van der Waals surface area contributed by atoms with Crippen LogP contribution in [0.1, 0.15) is 142 Å². The third-order valence-electron chi connectivity index (χ3n) is 7.09. The molecule has 0 aliphatic rings. The number of carbonyl (C=O) groups is 4. The largest absolute Gasteiger partial charge is 0.463 e. The van der Waals surface area contributed by atoms with Gasteiger partial charge in [0.25, 0.3) is 0 Å². The fraction of sp³-hybridized carbons (Fsp3) is 0.875. The fourth-order valence-corrected chi connectivity index (χ4v) is 4.49. The van der Waals surface area contributed by atoms with Gasteiger partial charge in [-0.15, -0.1) is 0 Å². The van der Waals surface area contributed by atoms with Gasteiger partial charge in [-0.25, -0.2) is 0 Å². The second-order valence-corrected chi connectivity index (χ2v) is 11.2. The minimum absolute atomic E-state index is 0.0788. The summed E-state index contributed by atoms with van der Waals surface area (Å²) in [6.07, 6.45) is 19.9. The molecule has 2 amide bonds. The molecule has 0 fully saturated rings. The van der Waals surface area contributed by atoms with Crippen molar-refractivity contribution >= 4 is 23.8 Å². The van der Waals surface area contributed by atoms with Crippen LogP contribution in [0.4, 0.5) is 0 Å². The lowest BCUT2D eigenvalue weighted by molar-refractivity contribution is -0.149. The van der Waals surface area contributed by atoms with E-state index >= 15 is 0 Å². The quantitative estimate of drug-likeness (QED) is 0.0676. The molecule has 0 saturated heterocycles. The van der Waals surface area contributed by atoms with Crippen LogP contribution in [-0.4, -0.2) is 62.6 Å². The van der Waals surface area contributed by atoms with Gasteiger partial charge in [-0.1, -0.05) is 84.0 Å². The van der Waals surface area contributed by atoms with Crippen molar-refractivity contribution in [3.63, 3.8) is 0 Å². The molecule has 0 unspecified atom stereocenters. The van der Waals surface area contributed by atoms with E-state index in [2.05, 4.69) is 17.6 Å². The number of ether oxygens (including phenoxy) is 2. The molecule has 0 aromatic rings. The van der Waals surface area contributed by atoms with Crippen molar-refractivity contribution in [2.75, 3.05) is 32.8 Å². The molecular weight excluding hydrogens is 536 g/mol. The summed E-state index contributed by atoms with van der Waals surface area (Å²) in [7, 11) is 0. The van der Waals surface area contributed by atoms with Gasteiger partial charge in [0.05, 0.1) is 6.04 Å². The van der Waals surface area contributed by atoms with Gasteiger partial charge in [0.2, 0.25) is 11.8 Å². The zero-order chi connectivity index (χ0) is 31.1. The van der Waals surface area contributed by atoms with Crippen molar-refractivity contribution in [1.29, 1.82) is 0 Å². The lowest BCUT2D eigenvalue weighted by Crippen LogP contribution is -2.42. The van der Waals surface area contributed by atoms with Crippen LogP contribution in [0.15, 0.2) is 0 Å². The van der Waals surface area contributed by atoms with E-state index in [1.54, 1.807) is 0 Å². The van der Waals surface area contributed by atoms with E-state index in [-0.39, 0.29) is 37.9 Å². The maximum Gasteiger partial charge on any atom is 0.305 e. The maximum atomic E-state index is 12.4. The number of unbranched alkanes of at least 4 members (excludes halogenated alkanes) is 13. The first-order chi connectivity index (χ1) is 20.4. The third kappa shape index (κ3) is 27.9. The average Bonchev–Trinajstić information content (AvgIpc) is 2.98. The van der Waals surface area contributed by atoms with E-state index in [1.165, 1.54) is 64.2 Å². The topological polar surface area (TPSA) is 163 Å². The van der Waals surface area contributed by atoms with Crippen LogP contribution in [0.2, 0.25) is 0 Å². The number of hydrogen-bond donors (Lipinski definition) is 4. The summed E-state index contributed by atoms with van der Waals surface area (Å²) in [5.74, 6) is -0.915. The van der Waals surface area contributed by atoms with E-state index < -0.39 is 18.0 Å². The van der Waals surface area contributed by atoms with Crippen LogP contribution in [-0.2, 0) is 28.7 Å². The van der Waals surface area contributed by atoms with Crippen molar-refractivity contribution in [3.05, 3.63) is 0 Å². The summed E-state index contributed by atoms with van der Waals surface area (Å²) < 4.78 is 10.4. The van der Waals surface area contributed by atoms with Gasteiger partial charge < -0.3 is 31.6 Å². The van der Waals surface area contributed by atoms with Gasteiger partial charge in [-0.05, 0) is 45.2 Å². The van der Waals surface area contributed by atoms with Crippen LogP contribution < -0.4 is 22.1 Å². The van der Waals surface area contributed by atoms with Gasteiger partial charge in [0.1, 0.15) is 13.2 Å². The second kappa shape index (κ2) is 30.3. The molecule has 0 radical (unpaired) electrons. The number of hydrogen-bond acceptors (Lipinski definition) is 8. The highest BCUT2D eigenvalue weighted by molar-refractivity contribution is 5.76. The predicted octanol–water partition coefficient (Wildman–Crippen LogP) is 4.80. The number of esters is 2. The van der Waals surface area contributed by atoms with Crippen molar-refractivity contribution in [1.82, 2.24) is 10.6 Å². The van der Waals surface area contributed by atoms with Gasteiger partial charge in [0, 0.05) is 32.2 Å². The van der Waals surface area contributed by atoms with Crippen LogP contribution in [0, 0.1) is 0 Å². The normalized spacial score (nSPS) is 11.0. The van der Waals surface area contributed by atoms with E-state index in [0.29, 0.717) is 51.7 Å². The monoisotopic (exact) mass is 598 g/mol. The minimum Gasteiger partial charge on any atom is -0.463 e. The molecule has 0 aliphatic carbocycles. The Labute approximate surface area is 255 Å². The number of rotatable bonds is 30. The fourth-order valence-electron chi connectivity index (χ4n) is 4.49. The Morgan fingerprint density at radius 3 is 1.45 bits per heavy atom. The van der Waals surface area contributed by atoms with Crippen LogP contribution >= 0.6 is 0 Å². The number of nitrogens with one attached hydrogen (secondary N) is 2. The Hall–Kier alpha value is -2.20. The Bertz CT molecular complexity index is 668. The Kier molecular flexibility index (Phi) is 28.7. The summed E-state index contributed by atoms with van der Waals surface area (Å²) in [4.78, 5) is 48.1. The molecular formula is C32H62N4O6. The molecule has 0 spiro atoms. The maximum absolute atomic E-state index is 12.4. The highest BCUT2D eigenvalue weighted by atomic mass is 16.5. The van der Waals surface area contributed by atoms with E-state index in [1.807, 2.05) is 0 Å². The Morgan fingerprint density at radius 2 is 0.976 bits per heavy atom. The molecule has 0 bridgehead atoms. The first kappa shape index (κ1) is 39.8. The standard InChI is InChI=1S/C32H62N4O6/c1-2-3-4-5-6-7-8-9-10-11-12-14-19-29(37)35-25-16-13-15-20-30(38)36-28(26-41-31(39)21-17-23-33)27-42-32(40)22-18-24-34/h28H,2-27,33-34H2,1H3,(H,35,37)(H,36,38). The smallest absolute Gasteiger partial charge is 0.305 e. The van der Waals surface area contributed by atoms with Gasteiger partial charge in [0.15, 0.2) is 0 Å². The zero-order valence-electron chi connectivity index (χ0n) is 26.6. The highest BCUT2D eigenvalue weighted by Crippen LogP contribution is 2.12. The molecule has 246 valence electrons. The van der Waals surface area contributed by atoms with Crippen LogP contribution in [0.5, 0.6) is 0 Å². The molecule has 0 heterocycles. The van der Waals surface area contributed by atoms with Crippen molar-refractivity contribution in [2.45, 2.75) is 148 Å². The van der Waals surface area contributed by atoms with E-state index in [9.17, 15) is 19.2 Å². The summed E-state index contributed by atoms with van der Waals surface area (Å²) in [5, 5.41) is 5.77. The molecule has 42 heavy (non-hydrogen) atoms. The third-order valence-corrected chi connectivity index (χ3v) is 7.09. The Balaban J connectivity index is 3.92. The predicted molar refractivity (Wildman–Crippen MR) is 168 cm³/mol. The molecule has 0 atom stereocenters. The van der Waals surface area contributed by atoms with Crippen LogP contribution in [0.25, 0.3) is 0 Å². The lowest BCUT2D eigenvalue weighted by atomic mass is 10.0. The summed E-state index contributed by atoms with van der Waals surface area (Å²) in [5.41, 5.74) is 10.8. The SMILES string of the molecule is CCCCCCCCCCCCCCC(=O)NCCCCCC(=O)NC(COC(=O)CCCN)COC(=O)CCCN. The van der Waals surface area contributed by atoms with Gasteiger partial charge >= 0.3 is 11.9 Å². The molecule has 0 aromatic heterocycles. The lowest BCUT2D eigenvalue weighted by Gasteiger charge is -2.19. The Morgan fingerprint density at radius 1 is 0.548 bits per heavy atom. The van der Waals surface area contributed by atoms with Crippen molar-refractivity contribution < 1.29 is 28.7 Å². The second-order valence-electron chi connectivity index (χ2n) is 11.2. The van der Waals surface area contributed by atoms with Crippen molar-refractivity contribution in [3.8, 4) is 0 Å². The molecule has 10 nitrogen and oxygen atoms in total. The molecule has 0 aromatic carbocycles. The summed E-state index contributed by atoms with van der Waals surface area (Å²) in [6.45, 7) is 3.48. The van der Waals surface area contributed by atoms with E-state index in [4.69, 9.17) is 20.9 Å². The van der Waals surface area contributed by atoms with Crippen molar-refractivity contribution in [2.24, 2.45) is 11.5 Å². The molecule has 0 rings (SSSR count).